The number of aromatic nitrogens is 1. The van der Waals surface area contributed by atoms with Crippen LogP contribution in [0.25, 0.3) is 0 Å². The zero-order chi connectivity index (χ0) is 14.7. The largest absolute Gasteiger partial charge is 0.472 e. The number of amides is 1. The summed E-state index contributed by atoms with van der Waals surface area (Å²) in [6.45, 7) is 3.31. The molecule has 2 heterocycles. The van der Waals surface area contributed by atoms with Gasteiger partial charge >= 0.3 is 0 Å². The Morgan fingerprint density at radius 3 is 2.85 bits per heavy atom. The fraction of sp³-hybridized carbons (Fsp3) is 0.385. The molecule has 0 saturated carbocycles. The molecule has 1 amide bonds. The Bertz CT molecular complexity index is 579. The van der Waals surface area contributed by atoms with Gasteiger partial charge in [0.2, 0.25) is 0 Å². The highest BCUT2D eigenvalue weighted by molar-refractivity contribution is 7.18. The van der Waals surface area contributed by atoms with Crippen LogP contribution >= 0.6 is 11.3 Å². The summed E-state index contributed by atoms with van der Waals surface area (Å²) in [6.07, 6.45) is 3.21. The lowest BCUT2D eigenvalue weighted by atomic mass is 10.3. The molecule has 0 spiro atoms. The van der Waals surface area contributed by atoms with E-state index < -0.39 is 0 Å². The van der Waals surface area contributed by atoms with Gasteiger partial charge < -0.3 is 20.0 Å². The van der Waals surface area contributed by atoms with Gasteiger partial charge in [0.25, 0.3) is 5.91 Å². The highest BCUT2D eigenvalue weighted by Gasteiger charge is 2.21. The van der Waals surface area contributed by atoms with Crippen LogP contribution in [-0.2, 0) is 6.54 Å². The van der Waals surface area contributed by atoms with Crippen LogP contribution in [-0.4, -0.2) is 36.4 Å². The van der Waals surface area contributed by atoms with E-state index in [2.05, 4.69) is 4.98 Å². The molecule has 0 saturated heterocycles. The summed E-state index contributed by atoms with van der Waals surface area (Å²) < 4.78 is 5.00. The fourth-order valence-electron chi connectivity index (χ4n) is 1.67. The molecule has 0 aliphatic rings. The van der Waals surface area contributed by atoms with Gasteiger partial charge in [-0.25, -0.2) is 4.98 Å². The second-order valence-electron chi connectivity index (χ2n) is 4.52. The number of hydrogen-bond acceptors (Lipinski definition) is 6. The van der Waals surface area contributed by atoms with E-state index in [4.69, 9.17) is 10.2 Å². The average molecular weight is 294 g/mol. The zero-order valence-electron chi connectivity index (χ0n) is 11.8. The van der Waals surface area contributed by atoms with Crippen molar-refractivity contribution in [2.45, 2.75) is 13.5 Å². The molecule has 0 unspecified atom stereocenters. The van der Waals surface area contributed by atoms with E-state index in [1.165, 1.54) is 11.3 Å². The third-order valence-corrected chi connectivity index (χ3v) is 4.16. The molecule has 0 aliphatic heterocycles. The van der Waals surface area contributed by atoms with E-state index in [1.807, 2.05) is 24.9 Å². The maximum absolute atomic E-state index is 12.4. The highest BCUT2D eigenvalue weighted by atomic mass is 32.1. The lowest BCUT2D eigenvalue weighted by Crippen LogP contribution is -2.25. The van der Waals surface area contributed by atoms with E-state index in [9.17, 15) is 4.79 Å². The summed E-state index contributed by atoms with van der Waals surface area (Å²) in [7, 11) is 3.65. The number of hydrogen-bond donors (Lipinski definition) is 1. The van der Waals surface area contributed by atoms with E-state index in [-0.39, 0.29) is 11.7 Å². The smallest absolute Gasteiger partial charge is 0.267 e. The van der Waals surface area contributed by atoms with Gasteiger partial charge in [0.05, 0.1) is 12.5 Å². The summed E-state index contributed by atoms with van der Waals surface area (Å²) in [5.74, 6) is 0.159. The maximum atomic E-state index is 12.4. The first-order valence-corrected chi connectivity index (χ1v) is 7.08. The topological polar surface area (TPSA) is 75.6 Å². The van der Waals surface area contributed by atoms with Crippen LogP contribution in [0.3, 0.4) is 0 Å². The van der Waals surface area contributed by atoms with Crippen LogP contribution in [0.1, 0.15) is 22.2 Å². The lowest BCUT2D eigenvalue weighted by Gasteiger charge is -2.15. The predicted molar refractivity (Wildman–Crippen MR) is 80.0 cm³/mol. The number of thiazole rings is 1. The number of carbonyl (C=O) groups is 1. The number of furan rings is 1. The van der Waals surface area contributed by atoms with Crippen molar-refractivity contribution in [3.05, 3.63) is 29.0 Å². The quantitative estimate of drug-likeness (QED) is 0.913. The van der Waals surface area contributed by atoms with E-state index in [0.29, 0.717) is 11.4 Å². The average Bonchev–Trinajstić information content (AvgIpc) is 3.06. The normalized spacial score (nSPS) is 10.6. The van der Waals surface area contributed by atoms with Gasteiger partial charge in [0.15, 0.2) is 5.13 Å². The summed E-state index contributed by atoms with van der Waals surface area (Å²) in [5, 5.41) is 0.755. The molecule has 20 heavy (non-hydrogen) atoms. The second kappa shape index (κ2) is 5.96. The molecule has 0 fully saturated rings. The maximum Gasteiger partial charge on any atom is 0.267 e. The molecule has 0 atom stereocenters. The third kappa shape index (κ3) is 2.93. The highest BCUT2D eigenvalue weighted by Crippen LogP contribution is 2.28. The van der Waals surface area contributed by atoms with Crippen molar-refractivity contribution in [1.82, 2.24) is 9.88 Å². The number of carbonyl (C=O) groups excluding carboxylic acids is 1. The van der Waals surface area contributed by atoms with Crippen LogP contribution < -0.4 is 10.6 Å². The van der Waals surface area contributed by atoms with Crippen molar-refractivity contribution in [3.8, 4) is 0 Å². The van der Waals surface area contributed by atoms with Gasteiger partial charge in [-0.2, -0.15) is 0 Å². The van der Waals surface area contributed by atoms with Crippen molar-refractivity contribution in [1.29, 1.82) is 0 Å². The first-order valence-electron chi connectivity index (χ1n) is 6.27. The van der Waals surface area contributed by atoms with Crippen LogP contribution in [0.4, 0.5) is 10.9 Å². The minimum Gasteiger partial charge on any atom is -0.472 e. The van der Waals surface area contributed by atoms with Gasteiger partial charge in [0, 0.05) is 32.7 Å². The zero-order valence-corrected chi connectivity index (χ0v) is 12.6. The van der Waals surface area contributed by atoms with E-state index in [0.717, 1.165) is 17.2 Å². The van der Waals surface area contributed by atoms with Gasteiger partial charge in [-0.15, -0.1) is 0 Å². The summed E-state index contributed by atoms with van der Waals surface area (Å²) in [5.41, 5.74) is 6.79. The van der Waals surface area contributed by atoms with Crippen LogP contribution in [0.2, 0.25) is 0 Å². The van der Waals surface area contributed by atoms with Gasteiger partial charge in [-0.1, -0.05) is 11.3 Å². The van der Waals surface area contributed by atoms with E-state index >= 15 is 0 Å². The van der Waals surface area contributed by atoms with Crippen molar-refractivity contribution in [2.75, 3.05) is 31.3 Å². The predicted octanol–water partition coefficient (Wildman–Crippen LogP) is 2.05. The summed E-state index contributed by atoms with van der Waals surface area (Å²) in [6, 6.07) is 1.83. The fourth-order valence-corrected chi connectivity index (χ4v) is 2.68. The molecule has 0 radical (unpaired) electrons. The molecule has 2 N–H and O–H groups in total. The van der Waals surface area contributed by atoms with Crippen LogP contribution in [0, 0.1) is 0 Å². The van der Waals surface area contributed by atoms with E-state index in [1.54, 1.807) is 24.5 Å². The number of rotatable bonds is 5. The number of nitrogens with zero attached hydrogens (tertiary/aromatic N) is 3. The standard InChI is InChI=1S/C13H18N4O2S/c1-4-16(2)13-15-11(14)10(20-13)12(18)17(3)7-9-5-6-19-8-9/h5-6,8H,4,7,14H2,1-3H3. The Morgan fingerprint density at radius 2 is 2.25 bits per heavy atom. The molecule has 2 aromatic heterocycles. The summed E-state index contributed by atoms with van der Waals surface area (Å²) in [4.78, 5) is 20.7. The van der Waals surface area contributed by atoms with Gasteiger partial charge in [0.1, 0.15) is 10.7 Å². The molecular formula is C13H18N4O2S. The minimum absolute atomic E-state index is 0.128. The van der Waals surface area contributed by atoms with Crippen molar-refractivity contribution in [2.24, 2.45) is 0 Å². The lowest BCUT2D eigenvalue weighted by molar-refractivity contribution is 0.0790. The number of anilines is 2. The minimum atomic E-state index is -0.128. The first kappa shape index (κ1) is 14.4. The Hall–Kier alpha value is -2.02. The Kier molecular flexibility index (Phi) is 4.29. The molecule has 2 rings (SSSR count). The van der Waals surface area contributed by atoms with Crippen LogP contribution in [0.5, 0.6) is 0 Å². The molecule has 108 valence electrons. The second-order valence-corrected chi connectivity index (χ2v) is 5.50. The van der Waals surface area contributed by atoms with Crippen LogP contribution in [0.15, 0.2) is 23.0 Å². The van der Waals surface area contributed by atoms with Crippen molar-refractivity contribution >= 4 is 28.2 Å². The van der Waals surface area contributed by atoms with Crippen molar-refractivity contribution < 1.29 is 9.21 Å². The first-order chi connectivity index (χ1) is 9.52. The van der Waals surface area contributed by atoms with Crippen molar-refractivity contribution in [3.63, 3.8) is 0 Å². The Balaban J connectivity index is 2.14. The van der Waals surface area contributed by atoms with Gasteiger partial charge in [-0.05, 0) is 13.0 Å². The third-order valence-electron chi connectivity index (χ3n) is 2.98. The molecule has 0 bridgehead atoms. The van der Waals surface area contributed by atoms with Gasteiger partial charge in [-0.3, -0.25) is 4.79 Å². The number of nitrogens with two attached hydrogens (primary N) is 1. The molecular weight excluding hydrogens is 276 g/mol. The molecule has 6 nitrogen and oxygen atoms in total. The Labute approximate surface area is 121 Å². The molecule has 0 aromatic carbocycles. The molecule has 7 heteroatoms. The Morgan fingerprint density at radius 1 is 1.50 bits per heavy atom. The number of nitrogen functional groups attached to an aromatic ring is 1. The summed E-state index contributed by atoms with van der Waals surface area (Å²) >= 11 is 1.32. The monoisotopic (exact) mass is 294 g/mol. The molecule has 0 aliphatic carbocycles. The molecule has 2 aromatic rings. The SMILES string of the molecule is CCN(C)c1nc(N)c(C(=O)N(C)Cc2ccoc2)s1.